The van der Waals surface area contributed by atoms with Gasteiger partial charge in [-0.25, -0.2) is 4.98 Å². The Hall–Kier alpha value is -2.06. The zero-order valence-electron chi connectivity index (χ0n) is 13.1. The number of aryl methyl sites for hydroxylation is 1. The van der Waals surface area contributed by atoms with Crippen LogP contribution in [0.15, 0.2) is 23.6 Å². The van der Waals surface area contributed by atoms with Crippen LogP contribution in [0.3, 0.4) is 0 Å². The summed E-state index contributed by atoms with van der Waals surface area (Å²) in [4.78, 5) is 27.7. The number of rotatable bonds is 6. The number of nitrogens with one attached hydrogen (secondary N) is 2. The Morgan fingerprint density at radius 2 is 2.38 bits per heavy atom. The molecule has 24 heavy (non-hydrogen) atoms. The number of carbonyl (C=O) groups is 2. The van der Waals surface area contributed by atoms with Crippen molar-refractivity contribution in [1.29, 1.82) is 0 Å². The van der Waals surface area contributed by atoms with Crippen LogP contribution < -0.4 is 15.4 Å². The SMILES string of the molecule is Cc1nc(CSCCC(=O)Nc2ccc3c(c2)NC(=O)CO3)cs1. The fraction of sp³-hybridized carbons (Fsp3) is 0.312. The van der Waals surface area contributed by atoms with E-state index in [2.05, 4.69) is 15.6 Å². The number of thioether (sulfide) groups is 1. The second kappa shape index (κ2) is 7.67. The molecular formula is C16H17N3O3S2. The van der Waals surface area contributed by atoms with Crippen LogP contribution in [0.5, 0.6) is 5.75 Å². The van der Waals surface area contributed by atoms with E-state index >= 15 is 0 Å². The molecule has 0 aliphatic carbocycles. The molecule has 0 saturated carbocycles. The molecular weight excluding hydrogens is 346 g/mol. The second-order valence-corrected chi connectivity index (χ2v) is 7.42. The van der Waals surface area contributed by atoms with Gasteiger partial charge >= 0.3 is 0 Å². The van der Waals surface area contributed by atoms with Gasteiger partial charge in [0.2, 0.25) is 5.91 Å². The molecule has 0 unspecified atom stereocenters. The number of benzene rings is 1. The van der Waals surface area contributed by atoms with E-state index in [-0.39, 0.29) is 18.4 Å². The highest BCUT2D eigenvalue weighted by molar-refractivity contribution is 7.98. The van der Waals surface area contributed by atoms with E-state index in [4.69, 9.17) is 4.74 Å². The summed E-state index contributed by atoms with van der Waals surface area (Å²) < 4.78 is 5.29. The Kier molecular flexibility index (Phi) is 5.37. The molecule has 1 aliphatic heterocycles. The lowest BCUT2D eigenvalue weighted by Gasteiger charge is -2.18. The van der Waals surface area contributed by atoms with Crippen LogP contribution in [-0.4, -0.2) is 29.2 Å². The number of hydrogen-bond acceptors (Lipinski definition) is 6. The van der Waals surface area contributed by atoms with Crippen LogP contribution in [0.25, 0.3) is 0 Å². The molecule has 1 aromatic heterocycles. The summed E-state index contributed by atoms with van der Waals surface area (Å²) >= 11 is 3.33. The summed E-state index contributed by atoms with van der Waals surface area (Å²) in [6.07, 6.45) is 0.424. The van der Waals surface area contributed by atoms with Crippen molar-refractivity contribution < 1.29 is 14.3 Å². The van der Waals surface area contributed by atoms with Gasteiger partial charge in [-0.05, 0) is 25.1 Å². The highest BCUT2D eigenvalue weighted by Crippen LogP contribution is 2.30. The number of amides is 2. The Bertz CT molecular complexity index is 761. The number of fused-ring (bicyclic) bond motifs is 1. The van der Waals surface area contributed by atoms with Crippen LogP contribution in [0.4, 0.5) is 11.4 Å². The zero-order valence-corrected chi connectivity index (χ0v) is 14.8. The maximum absolute atomic E-state index is 12.0. The number of hydrogen-bond donors (Lipinski definition) is 2. The highest BCUT2D eigenvalue weighted by Gasteiger charge is 2.16. The van der Waals surface area contributed by atoms with Crippen molar-refractivity contribution >= 4 is 46.3 Å². The molecule has 0 radical (unpaired) electrons. The van der Waals surface area contributed by atoms with E-state index in [9.17, 15) is 9.59 Å². The smallest absolute Gasteiger partial charge is 0.262 e. The van der Waals surface area contributed by atoms with Gasteiger partial charge in [0.1, 0.15) is 5.75 Å². The third-order valence-electron chi connectivity index (χ3n) is 3.29. The van der Waals surface area contributed by atoms with Gasteiger partial charge in [-0.3, -0.25) is 9.59 Å². The highest BCUT2D eigenvalue weighted by atomic mass is 32.2. The minimum Gasteiger partial charge on any atom is -0.482 e. The lowest BCUT2D eigenvalue weighted by atomic mass is 10.2. The standard InChI is InChI=1S/C16H17N3O3S2/c1-10-17-12(9-24-10)8-23-5-4-15(20)18-11-2-3-14-13(6-11)19-16(21)7-22-14/h2-3,6,9H,4-5,7-8H2,1H3,(H,18,20)(H,19,21). The molecule has 2 aromatic rings. The molecule has 8 heteroatoms. The van der Waals surface area contributed by atoms with Crippen LogP contribution in [0.2, 0.25) is 0 Å². The van der Waals surface area contributed by atoms with Gasteiger partial charge in [0, 0.05) is 29.0 Å². The Morgan fingerprint density at radius 3 is 3.17 bits per heavy atom. The van der Waals surface area contributed by atoms with Crippen molar-refractivity contribution in [2.75, 3.05) is 23.0 Å². The quantitative estimate of drug-likeness (QED) is 0.771. The molecule has 1 aliphatic rings. The predicted octanol–water partition coefficient (Wildman–Crippen LogP) is 3.04. The summed E-state index contributed by atoms with van der Waals surface area (Å²) in [6.45, 7) is 2.01. The first kappa shape index (κ1) is 16.8. The Balaban J connectivity index is 1.45. The topological polar surface area (TPSA) is 80.3 Å². The molecule has 2 heterocycles. The average Bonchev–Trinajstić information content (AvgIpc) is 2.96. The third-order valence-corrected chi connectivity index (χ3v) is 5.10. The third kappa shape index (κ3) is 4.48. The van der Waals surface area contributed by atoms with E-state index in [0.29, 0.717) is 23.5 Å². The van der Waals surface area contributed by atoms with Crippen LogP contribution in [0, 0.1) is 6.92 Å². The number of ether oxygens (including phenoxy) is 1. The van der Waals surface area contributed by atoms with Crippen molar-refractivity contribution in [2.24, 2.45) is 0 Å². The number of aromatic nitrogens is 1. The summed E-state index contributed by atoms with van der Waals surface area (Å²) in [5.41, 5.74) is 2.29. The number of nitrogens with zero attached hydrogens (tertiary/aromatic N) is 1. The zero-order chi connectivity index (χ0) is 16.9. The van der Waals surface area contributed by atoms with Gasteiger partial charge in [0.05, 0.1) is 16.4 Å². The summed E-state index contributed by atoms with van der Waals surface area (Å²) in [5, 5.41) is 8.67. The van der Waals surface area contributed by atoms with Crippen molar-refractivity contribution in [1.82, 2.24) is 4.98 Å². The Morgan fingerprint density at radius 1 is 1.50 bits per heavy atom. The minimum atomic E-state index is -0.195. The molecule has 0 atom stereocenters. The lowest BCUT2D eigenvalue weighted by molar-refractivity contribution is -0.118. The van der Waals surface area contributed by atoms with E-state index < -0.39 is 0 Å². The Labute approximate surface area is 148 Å². The van der Waals surface area contributed by atoms with E-state index in [1.807, 2.05) is 12.3 Å². The molecule has 0 saturated heterocycles. The van der Waals surface area contributed by atoms with Crippen molar-refractivity contribution in [3.8, 4) is 5.75 Å². The minimum absolute atomic E-state index is 0.0223. The van der Waals surface area contributed by atoms with Crippen LogP contribution in [-0.2, 0) is 15.3 Å². The molecule has 3 rings (SSSR count). The molecule has 1 aromatic carbocycles. The molecule has 0 fully saturated rings. The molecule has 6 nitrogen and oxygen atoms in total. The number of anilines is 2. The lowest BCUT2D eigenvalue weighted by Crippen LogP contribution is -2.25. The molecule has 2 N–H and O–H groups in total. The maximum atomic E-state index is 12.0. The van der Waals surface area contributed by atoms with E-state index in [0.717, 1.165) is 22.2 Å². The van der Waals surface area contributed by atoms with E-state index in [1.54, 1.807) is 41.3 Å². The van der Waals surface area contributed by atoms with Crippen molar-refractivity contribution in [2.45, 2.75) is 19.1 Å². The first-order valence-electron chi connectivity index (χ1n) is 7.45. The first-order chi connectivity index (χ1) is 11.6. The molecule has 0 spiro atoms. The second-order valence-electron chi connectivity index (χ2n) is 5.26. The largest absolute Gasteiger partial charge is 0.482 e. The van der Waals surface area contributed by atoms with E-state index in [1.165, 1.54) is 0 Å². The van der Waals surface area contributed by atoms with Crippen LogP contribution >= 0.6 is 23.1 Å². The maximum Gasteiger partial charge on any atom is 0.262 e. The number of carbonyl (C=O) groups excluding carboxylic acids is 2. The van der Waals surface area contributed by atoms with Gasteiger partial charge in [0.15, 0.2) is 6.61 Å². The number of thiazole rings is 1. The summed E-state index contributed by atoms with van der Waals surface area (Å²) in [7, 11) is 0. The average molecular weight is 363 g/mol. The molecule has 2 amide bonds. The predicted molar refractivity (Wildman–Crippen MR) is 96.8 cm³/mol. The fourth-order valence-corrected chi connectivity index (χ4v) is 3.75. The van der Waals surface area contributed by atoms with Gasteiger partial charge in [-0.15, -0.1) is 11.3 Å². The monoisotopic (exact) mass is 363 g/mol. The summed E-state index contributed by atoms with van der Waals surface area (Å²) in [5.74, 6) is 1.91. The molecule has 0 bridgehead atoms. The fourth-order valence-electron chi connectivity index (χ4n) is 2.20. The first-order valence-corrected chi connectivity index (χ1v) is 9.49. The van der Waals surface area contributed by atoms with Crippen LogP contribution in [0.1, 0.15) is 17.1 Å². The summed E-state index contributed by atoms with van der Waals surface area (Å²) in [6, 6.07) is 5.21. The van der Waals surface area contributed by atoms with Gasteiger partial charge < -0.3 is 15.4 Å². The van der Waals surface area contributed by atoms with Gasteiger partial charge in [-0.2, -0.15) is 11.8 Å². The molecule has 126 valence electrons. The van der Waals surface area contributed by atoms with Crippen molar-refractivity contribution in [3.63, 3.8) is 0 Å². The van der Waals surface area contributed by atoms with Crippen molar-refractivity contribution in [3.05, 3.63) is 34.3 Å². The van der Waals surface area contributed by atoms with Gasteiger partial charge in [-0.1, -0.05) is 0 Å². The normalized spacial score (nSPS) is 13.0. The van der Waals surface area contributed by atoms with Gasteiger partial charge in [0.25, 0.3) is 5.91 Å².